The van der Waals surface area contributed by atoms with Crippen LogP contribution in [0.25, 0.3) is 0 Å². The Hall–Kier alpha value is -3.42. The summed E-state index contributed by atoms with van der Waals surface area (Å²) in [5.41, 5.74) is 5.36. The van der Waals surface area contributed by atoms with Crippen LogP contribution in [0, 0.1) is 0 Å². The number of rotatable bonds is 7. The van der Waals surface area contributed by atoms with Gasteiger partial charge in [0, 0.05) is 11.3 Å². The second kappa shape index (κ2) is 8.28. The highest BCUT2D eigenvalue weighted by atomic mass is 16.4. The summed E-state index contributed by atoms with van der Waals surface area (Å²) in [5, 5.41) is 18.0. The van der Waals surface area contributed by atoms with Crippen LogP contribution in [-0.2, 0) is 17.8 Å². The number of hydrogen-bond donors (Lipinski definition) is 4. The lowest BCUT2D eigenvalue weighted by Gasteiger charge is -2.07. The fraction of sp³-hybridized carbons (Fsp3) is 0.125. The van der Waals surface area contributed by atoms with Crippen LogP contribution in [0.15, 0.2) is 59.0 Å². The zero-order valence-corrected chi connectivity index (χ0v) is 12.8. The monoisotopic (exact) mass is 327 g/mol. The summed E-state index contributed by atoms with van der Waals surface area (Å²) in [6, 6.07) is 13.7. The van der Waals surface area contributed by atoms with E-state index in [0.717, 1.165) is 5.56 Å². The van der Waals surface area contributed by atoms with E-state index in [2.05, 4.69) is 21.2 Å². The third kappa shape index (κ3) is 5.09. The first-order valence-corrected chi connectivity index (χ1v) is 7.12. The van der Waals surface area contributed by atoms with Crippen molar-refractivity contribution >= 4 is 17.6 Å². The minimum Gasteiger partial charge on any atom is -0.481 e. The van der Waals surface area contributed by atoms with Gasteiger partial charge in [-0.25, -0.2) is 0 Å². The lowest BCUT2D eigenvalue weighted by Crippen LogP contribution is -2.12. The molecule has 2 aromatic carbocycles. The largest absolute Gasteiger partial charge is 0.481 e. The highest BCUT2D eigenvalue weighted by Crippen LogP contribution is 2.12. The normalized spacial score (nSPS) is 10.5. The van der Waals surface area contributed by atoms with E-state index < -0.39 is 5.97 Å². The van der Waals surface area contributed by atoms with Gasteiger partial charge < -0.3 is 16.3 Å². The van der Waals surface area contributed by atoms with Gasteiger partial charge >= 0.3 is 5.97 Å². The van der Waals surface area contributed by atoms with Crippen molar-refractivity contribution in [1.82, 2.24) is 5.43 Å². The molecule has 0 aliphatic heterocycles. The highest BCUT2D eigenvalue weighted by Gasteiger charge is 2.07. The number of benzene rings is 2. The summed E-state index contributed by atoms with van der Waals surface area (Å²) in [5.74, 6) is 3.73. The van der Waals surface area contributed by atoms with Crippen LogP contribution in [0.4, 0.5) is 5.69 Å². The molecule has 2 rings (SSSR count). The van der Waals surface area contributed by atoms with E-state index in [0.29, 0.717) is 23.4 Å². The molecule has 0 bridgehead atoms. The Kier molecular flexibility index (Phi) is 5.84. The maximum atomic E-state index is 12.2. The van der Waals surface area contributed by atoms with Gasteiger partial charge in [-0.15, -0.1) is 0 Å². The molecule has 0 saturated heterocycles. The minimum absolute atomic E-state index is 0.0482. The standard InChI is InChI=1S/C16H17N5O3/c17-20-21-18-10-12-1-5-13(6-2-12)16(24)19-14-7-3-11(4-8-14)9-15(22)23/h1-8H,9-10H2,(H2,17,21)(H,18,20)(H,19,24)(H,22,23). The van der Waals surface area contributed by atoms with E-state index in [1.54, 1.807) is 48.5 Å². The van der Waals surface area contributed by atoms with Gasteiger partial charge in [-0.05, 0) is 35.4 Å². The molecule has 24 heavy (non-hydrogen) atoms. The van der Waals surface area contributed by atoms with Crippen LogP contribution >= 0.6 is 0 Å². The number of hydrogen-bond acceptors (Lipinski definition) is 4. The summed E-state index contributed by atoms with van der Waals surface area (Å²) in [6.45, 7) is 0.452. The third-order valence-corrected chi connectivity index (χ3v) is 3.19. The van der Waals surface area contributed by atoms with Gasteiger partial charge in [-0.3, -0.25) is 15.0 Å². The number of nitrogens with one attached hydrogen (secondary N) is 2. The molecule has 0 radical (unpaired) electrons. The van der Waals surface area contributed by atoms with Crippen molar-refractivity contribution in [2.45, 2.75) is 13.0 Å². The number of carbonyl (C=O) groups excluding carboxylic acids is 1. The number of anilines is 1. The quantitative estimate of drug-likeness (QED) is 0.350. The van der Waals surface area contributed by atoms with Crippen molar-refractivity contribution < 1.29 is 14.7 Å². The second-order valence-corrected chi connectivity index (χ2v) is 4.97. The van der Waals surface area contributed by atoms with Gasteiger partial charge in [0.2, 0.25) is 0 Å². The number of nitrogens with two attached hydrogens (primary N) is 1. The van der Waals surface area contributed by atoms with E-state index in [-0.39, 0.29) is 12.3 Å². The second-order valence-electron chi connectivity index (χ2n) is 4.97. The fourth-order valence-corrected chi connectivity index (χ4v) is 2.03. The summed E-state index contributed by atoms with van der Waals surface area (Å²) in [4.78, 5) is 22.8. The Morgan fingerprint density at radius 1 is 1.00 bits per heavy atom. The fourth-order valence-electron chi connectivity index (χ4n) is 2.03. The molecule has 0 fully saturated rings. The Labute approximate surface area is 138 Å². The summed E-state index contributed by atoms with van der Waals surface area (Å²) < 4.78 is 0. The summed E-state index contributed by atoms with van der Waals surface area (Å²) in [7, 11) is 0. The number of amides is 1. The highest BCUT2D eigenvalue weighted by molar-refractivity contribution is 6.04. The molecule has 1 amide bonds. The van der Waals surface area contributed by atoms with Gasteiger partial charge in [0.1, 0.15) is 0 Å². The first kappa shape index (κ1) is 16.9. The summed E-state index contributed by atoms with van der Waals surface area (Å²) in [6.07, 6.45) is -0.0482. The van der Waals surface area contributed by atoms with E-state index in [1.165, 1.54) is 0 Å². The Morgan fingerprint density at radius 3 is 2.21 bits per heavy atom. The van der Waals surface area contributed by atoms with Crippen molar-refractivity contribution in [2.24, 2.45) is 16.3 Å². The molecule has 0 unspecified atom stereocenters. The van der Waals surface area contributed by atoms with E-state index in [4.69, 9.17) is 10.9 Å². The molecule has 5 N–H and O–H groups in total. The van der Waals surface area contributed by atoms with E-state index >= 15 is 0 Å². The molecular weight excluding hydrogens is 310 g/mol. The van der Waals surface area contributed by atoms with Crippen LogP contribution in [0.5, 0.6) is 0 Å². The molecule has 8 heteroatoms. The van der Waals surface area contributed by atoms with Gasteiger partial charge in [0.15, 0.2) is 0 Å². The van der Waals surface area contributed by atoms with Crippen molar-refractivity contribution in [1.29, 1.82) is 0 Å². The molecule has 0 atom stereocenters. The van der Waals surface area contributed by atoms with Crippen molar-refractivity contribution in [3.8, 4) is 0 Å². The van der Waals surface area contributed by atoms with Crippen molar-refractivity contribution in [3.63, 3.8) is 0 Å². The number of nitrogens with zero attached hydrogens (tertiary/aromatic N) is 2. The zero-order valence-electron chi connectivity index (χ0n) is 12.8. The smallest absolute Gasteiger partial charge is 0.307 e. The predicted octanol–water partition coefficient (Wildman–Crippen LogP) is 1.90. The van der Waals surface area contributed by atoms with Gasteiger partial charge in [0.25, 0.3) is 5.91 Å². The maximum absolute atomic E-state index is 12.2. The maximum Gasteiger partial charge on any atom is 0.307 e. The number of carbonyl (C=O) groups is 2. The molecule has 0 saturated carbocycles. The first-order chi connectivity index (χ1) is 11.6. The number of aliphatic carboxylic acids is 1. The molecule has 0 aliphatic rings. The molecule has 0 spiro atoms. The van der Waals surface area contributed by atoms with Gasteiger partial charge in [0.05, 0.1) is 13.0 Å². The minimum atomic E-state index is -0.894. The van der Waals surface area contributed by atoms with Crippen LogP contribution in [0.2, 0.25) is 0 Å². The van der Waals surface area contributed by atoms with Crippen molar-refractivity contribution in [3.05, 3.63) is 65.2 Å². The van der Waals surface area contributed by atoms with Gasteiger partial charge in [-0.2, -0.15) is 0 Å². The molecular formula is C16H17N5O3. The van der Waals surface area contributed by atoms with Crippen LogP contribution in [0.3, 0.4) is 0 Å². The SMILES string of the molecule is N/N=N\NCc1ccc(C(=O)Nc2ccc(CC(=O)O)cc2)cc1. The molecule has 8 nitrogen and oxygen atoms in total. The van der Waals surface area contributed by atoms with E-state index in [1.807, 2.05) is 0 Å². The molecule has 0 aliphatic carbocycles. The number of carboxylic acid groups (broad SMARTS) is 1. The Balaban J connectivity index is 1.95. The lowest BCUT2D eigenvalue weighted by atomic mass is 10.1. The average molecular weight is 327 g/mol. The molecule has 0 heterocycles. The van der Waals surface area contributed by atoms with E-state index in [9.17, 15) is 9.59 Å². The van der Waals surface area contributed by atoms with Crippen LogP contribution in [-0.4, -0.2) is 17.0 Å². The van der Waals surface area contributed by atoms with Crippen molar-refractivity contribution in [2.75, 3.05) is 5.32 Å². The number of carboxylic acids is 1. The third-order valence-electron chi connectivity index (χ3n) is 3.19. The predicted molar refractivity (Wildman–Crippen MR) is 88.1 cm³/mol. The van der Waals surface area contributed by atoms with Crippen LogP contribution in [0.1, 0.15) is 21.5 Å². The summed E-state index contributed by atoms with van der Waals surface area (Å²) >= 11 is 0. The molecule has 0 aromatic heterocycles. The Morgan fingerprint density at radius 2 is 1.62 bits per heavy atom. The van der Waals surface area contributed by atoms with Gasteiger partial charge in [-0.1, -0.05) is 34.7 Å². The first-order valence-electron chi connectivity index (χ1n) is 7.12. The average Bonchev–Trinajstić information content (AvgIpc) is 2.57. The zero-order chi connectivity index (χ0) is 17.4. The molecule has 124 valence electrons. The topological polar surface area (TPSA) is 129 Å². The molecule has 2 aromatic rings. The van der Waals surface area contributed by atoms with Crippen LogP contribution < -0.4 is 16.6 Å². The lowest BCUT2D eigenvalue weighted by molar-refractivity contribution is -0.136. The Bertz CT molecular complexity index is 726.